The first-order chi connectivity index (χ1) is 16.6. The van der Waals surface area contributed by atoms with Crippen LogP contribution in [0.4, 0.5) is 5.82 Å². The Balaban J connectivity index is 0.00000133. The van der Waals surface area contributed by atoms with Crippen molar-refractivity contribution in [3.05, 3.63) is 72.8 Å². The van der Waals surface area contributed by atoms with Gasteiger partial charge in [0.2, 0.25) is 5.91 Å². The number of aldehydes is 1. The third kappa shape index (κ3) is 4.20. The Morgan fingerprint density at radius 3 is 2.35 bits per heavy atom. The highest BCUT2D eigenvalue weighted by Gasteiger charge is 2.44. The molecule has 2 aliphatic heterocycles. The molecule has 176 valence electrons. The van der Waals surface area contributed by atoms with Crippen LogP contribution in [0.3, 0.4) is 0 Å². The molecule has 5 rings (SSSR count). The molecule has 0 saturated carbocycles. The topological polar surface area (TPSA) is 102 Å². The minimum absolute atomic E-state index is 0.0430. The first-order valence-corrected chi connectivity index (χ1v) is 11.3. The van der Waals surface area contributed by atoms with Crippen molar-refractivity contribution in [3.63, 3.8) is 0 Å². The maximum absolute atomic E-state index is 12.0. The van der Waals surface area contributed by atoms with E-state index >= 15 is 0 Å². The summed E-state index contributed by atoms with van der Waals surface area (Å²) in [6, 6.07) is 17.2. The Morgan fingerprint density at radius 2 is 1.74 bits per heavy atom. The molecule has 3 heterocycles. The van der Waals surface area contributed by atoms with Crippen LogP contribution in [0.1, 0.15) is 23.2 Å². The zero-order valence-corrected chi connectivity index (χ0v) is 19.2. The average Bonchev–Trinajstić information content (AvgIpc) is 3.44. The van der Waals surface area contributed by atoms with Gasteiger partial charge in [0.05, 0.1) is 11.1 Å². The lowest BCUT2D eigenvalue weighted by atomic mass is 9.88. The molecule has 0 aliphatic carbocycles. The lowest BCUT2D eigenvalue weighted by molar-refractivity contribution is -0.128. The Bertz CT molecular complexity index is 1160. The highest BCUT2D eigenvalue weighted by Crippen LogP contribution is 2.41. The molecule has 34 heavy (non-hydrogen) atoms. The summed E-state index contributed by atoms with van der Waals surface area (Å²) in [5.74, 6) is 2.19. The molecule has 1 aromatic heterocycles. The van der Waals surface area contributed by atoms with Gasteiger partial charge in [-0.05, 0) is 62.4 Å². The molecule has 3 aromatic rings. The number of anilines is 1. The van der Waals surface area contributed by atoms with Crippen LogP contribution in [0, 0.1) is 0 Å². The zero-order chi connectivity index (χ0) is 24.1. The number of nitrogens with two attached hydrogens (primary N) is 1. The van der Waals surface area contributed by atoms with Crippen LogP contribution < -0.4 is 15.8 Å². The number of carbonyl (C=O) groups is 2. The van der Waals surface area contributed by atoms with Gasteiger partial charge in [-0.1, -0.05) is 24.8 Å². The van der Waals surface area contributed by atoms with Crippen LogP contribution in [-0.4, -0.2) is 53.6 Å². The Kier molecular flexibility index (Phi) is 6.79. The molecule has 8 heteroatoms. The molecule has 0 atom stereocenters. The van der Waals surface area contributed by atoms with Crippen molar-refractivity contribution in [1.82, 2.24) is 14.7 Å². The molecular weight excluding hydrogens is 430 g/mol. The van der Waals surface area contributed by atoms with E-state index in [9.17, 15) is 9.59 Å². The van der Waals surface area contributed by atoms with Crippen LogP contribution >= 0.6 is 0 Å². The minimum atomic E-state index is -0.236. The maximum Gasteiger partial charge on any atom is 0.245 e. The van der Waals surface area contributed by atoms with E-state index in [1.165, 1.54) is 13.1 Å². The van der Waals surface area contributed by atoms with Crippen molar-refractivity contribution in [1.29, 1.82) is 0 Å². The van der Waals surface area contributed by atoms with E-state index in [2.05, 4.69) is 17.6 Å². The van der Waals surface area contributed by atoms with Gasteiger partial charge >= 0.3 is 0 Å². The molecule has 1 fully saturated rings. The van der Waals surface area contributed by atoms with Crippen LogP contribution in [0.2, 0.25) is 0 Å². The third-order valence-corrected chi connectivity index (χ3v) is 6.36. The second-order valence-corrected chi connectivity index (χ2v) is 8.19. The number of fused-ring (bicyclic) bond motifs is 2. The van der Waals surface area contributed by atoms with Gasteiger partial charge in [-0.15, -0.1) is 0 Å². The van der Waals surface area contributed by atoms with Crippen molar-refractivity contribution in [2.24, 2.45) is 5.73 Å². The molecular formula is C26H29N5O3. The SMILES string of the molecule is C=CC(=O)N1CCC2(CC1)CNc1c(C=O)c(-c3ccc(Oc4ccccc4)cc3)nn12.CN. The number of hydrogen-bond donors (Lipinski definition) is 2. The predicted octanol–water partition coefficient (Wildman–Crippen LogP) is 3.66. The van der Waals surface area contributed by atoms with E-state index in [4.69, 9.17) is 9.84 Å². The van der Waals surface area contributed by atoms with Crippen molar-refractivity contribution in [2.75, 3.05) is 32.0 Å². The fraction of sp³-hybridized carbons (Fsp3) is 0.269. The maximum atomic E-state index is 12.0. The number of piperidine rings is 1. The van der Waals surface area contributed by atoms with Gasteiger partial charge in [0.1, 0.15) is 23.0 Å². The van der Waals surface area contributed by atoms with Crippen molar-refractivity contribution >= 4 is 18.0 Å². The summed E-state index contributed by atoms with van der Waals surface area (Å²) in [5.41, 5.74) is 6.32. The third-order valence-electron chi connectivity index (χ3n) is 6.36. The van der Waals surface area contributed by atoms with Gasteiger partial charge in [-0.3, -0.25) is 9.59 Å². The standard InChI is InChI=1S/C25H24N4O3.CH5N/c1-2-22(31)28-14-12-25(13-15-28)17-26-24-21(16-30)23(27-29(24)25)18-8-10-20(11-9-18)32-19-6-4-3-5-7-19;1-2/h2-11,16,26H,1,12-15,17H2;2H2,1H3. The zero-order valence-electron chi connectivity index (χ0n) is 19.2. The molecule has 0 bridgehead atoms. The summed E-state index contributed by atoms with van der Waals surface area (Å²) in [6.45, 7) is 5.57. The number of benzene rings is 2. The van der Waals surface area contributed by atoms with Crippen molar-refractivity contribution in [2.45, 2.75) is 18.4 Å². The number of aromatic nitrogens is 2. The van der Waals surface area contributed by atoms with E-state index in [0.717, 1.165) is 36.3 Å². The number of likely N-dealkylation sites (tertiary alicyclic amines) is 1. The highest BCUT2D eigenvalue weighted by molar-refractivity contribution is 5.93. The summed E-state index contributed by atoms with van der Waals surface area (Å²) in [4.78, 5) is 25.8. The second-order valence-electron chi connectivity index (χ2n) is 8.19. The Labute approximate surface area is 199 Å². The minimum Gasteiger partial charge on any atom is -0.457 e. The van der Waals surface area contributed by atoms with Gasteiger partial charge in [-0.25, -0.2) is 4.68 Å². The van der Waals surface area contributed by atoms with E-state index in [1.807, 2.05) is 64.2 Å². The quantitative estimate of drug-likeness (QED) is 0.446. The van der Waals surface area contributed by atoms with E-state index in [-0.39, 0.29) is 11.4 Å². The molecule has 0 radical (unpaired) electrons. The van der Waals surface area contributed by atoms with Gasteiger partial charge in [-0.2, -0.15) is 5.10 Å². The number of amides is 1. The fourth-order valence-corrected chi connectivity index (χ4v) is 4.56. The normalized spacial score (nSPS) is 15.5. The number of nitrogens with zero attached hydrogens (tertiary/aromatic N) is 3. The first kappa shape index (κ1) is 23.3. The van der Waals surface area contributed by atoms with E-state index < -0.39 is 0 Å². The molecule has 1 saturated heterocycles. The van der Waals surface area contributed by atoms with Gasteiger partial charge in [0.25, 0.3) is 0 Å². The summed E-state index contributed by atoms with van der Waals surface area (Å²) in [6.07, 6.45) is 3.77. The lowest BCUT2D eigenvalue weighted by Gasteiger charge is -2.38. The first-order valence-electron chi connectivity index (χ1n) is 11.3. The van der Waals surface area contributed by atoms with E-state index in [0.29, 0.717) is 36.6 Å². The van der Waals surface area contributed by atoms with Crippen LogP contribution in [0.25, 0.3) is 11.3 Å². The molecule has 8 nitrogen and oxygen atoms in total. The van der Waals surface area contributed by atoms with Crippen molar-refractivity contribution < 1.29 is 14.3 Å². The van der Waals surface area contributed by atoms with Crippen LogP contribution in [-0.2, 0) is 10.3 Å². The fourth-order valence-electron chi connectivity index (χ4n) is 4.56. The number of para-hydroxylation sites is 1. The average molecular weight is 460 g/mol. The Morgan fingerprint density at radius 1 is 1.09 bits per heavy atom. The summed E-state index contributed by atoms with van der Waals surface area (Å²) < 4.78 is 7.84. The highest BCUT2D eigenvalue weighted by atomic mass is 16.5. The number of ether oxygens (including phenoxy) is 1. The largest absolute Gasteiger partial charge is 0.457 e. The second kappa shape index (κ2) is 9.93. The number of rotatable bonds is 5. The van der Waals surface area contributed by atoms with Crippen LogP contribution in [0.15, 0.2) is 67.3 Å². The molecule has 1 spiro atoms. The molecule has 2 aliphatic rings. The summed E-state index contributed by atoms with van der Waals surface area (Å²) in [5, 5.41) is 8.26. The van der Waals surface area contributed by atoms with Gasteiger partial charge < -0.3 is 20.7 Å². The number of carbonyl (C=O) groups excluding carboxylic acids is 2. The molecule has 0 unspecified atom stereocenters. The molecule has 1 amide bonds. The predicted molar refractivity (Wildman–Crippen MR) is 132 cm³/mol. The van der Waals surface area contributed by atoms with Gasteiger partial charge in [0, 0.05) is 25.2 Å². The number of nitrogens with one attached hydrogen (secondary N) is 1. The molecule has 3 N–H and O–H groups in total. The van der Waals surface area contributed by atoms with Crippen molar-refractivity contribution in [3.8, 4) is 22.8 Å². The Hall–Kier alpha value is -3.91. The van der Waals surface area contributed by atoms with Gasteiger partial charge in [0.15, 0.2) is 6.29 Å². The molecule has 2 aromatic carbocycles. The summed E-state index contributed by atoms with van der Waals surface area (Å²) >= 11 is 0. The smallest absolute Gasteiger partial charge is 0.245 e. The summed E-state index contributed by atoms with van der Waals surface area (Å²) in [7, 11) is 1.50. The lowest BCUT2D eigenvalue weighted by Crippen LogP contribution is -2.48. The van der Waals surface area contributed by atoms with Crippen LogP contribution in [0.5, 0.6) is 11.5 Å². The van der Waals surface area contributed by atoms with E-state index in [1.54, 1.807) is 0 Å². The monoisotopic (exact) mass is 459 g/mol. The number of hydrogen-bond acceptors (Lipinski definition) is 6.